The van der Waals surface area contributed by atoms with Crippen LogP contribution in [0, 0.1) is 0 Å². The average Bonchev–Trinajstić information content (AvgIpc) is 1.85. The van der Waals surface area contributed by atoms with Gasteiger partial charge in [0.15, 0.2) is 0 Å². The third-order valence-corrected chi connectivity index (χ3v) is 0.659. The van der Waals surface area contributed by atoms with E-state index in [1.807, 2.05) is 0 Å². The lowest BCUT2D eigenvalue weighted by atomic mass is 10.5. The second-order valence-corrected chi connectivity index (χ2v) is 1.43. The van der Waals surface area contributed by atoms with Gasteiger partial charge in [0.1, 0.15) is 6.26 Å². The van der Waals surface area contributed by atoms with Gasteiger partial charge in [-0.2, -0.15) is 0 Å². The van der Waals surface area contributed by atoms with Gasteiger partial charge in [0.2, 0.25) is 6.41 Å². The molecule has 0 heterocycles. The first-order chi connectivity index (χ1) is 4.31. The quantitative estimate of drug-likeness (QED) is 0.386. The zero-order valence-corrected chi connectivity index (χ0v) is 5.26. The van der Waals surface area contributed by atoms with E-state index in [1.165, 1.54) is 13.4 Å². The molecule has 0 aliphatic carbocycles. The lowest BCUT2D eigenvalue weighted by molar-refractivity contribution is -0.109. The summed E-state index contributed by atoms with van der Waals surface area (Å²) in [4.78, 5) is 9.68. The number of carbonyl (C=O) groups is 1. The molecule has 9 heavy (non-hydrogen) atoms. The Bertz CT molecular complexity index is 112. The van der Waals surface area contributed by atoms with Gasteiger partial charge in [-0.25, -0.2) is 0 Å². The number of ether oxygens (including phenoxy) is 1. The molecule has 0 aromatic heterocycles. The van der Waals surface area contributed by atoms with Crippen molar-refractivity contribution >= 4 is 6.41 Å². The Labute approximate surface area is 53.7 Å². The number of rotatable bonds is 4. The minimum Gasteiger partial charge on any atom is -0.503 e. The van der Waals surface area contributed by atoms with E-state index in [2.05, 4.69) is 10.1 Å². The van der Waals surface area contributed by atoms with Crippen molar-refractivity contribution in [1.29, 1.82) is 0 Å². The number of hydrogen-bond donors (Lipinski definition) is 2. The van der Waals surface area contributed by atoms with Crippen LogP contribution in [0.25, 0.3) is 0 Å². The molecule has 4 nitrogen and oxygen atoms in total. The molecule has 0 aliphatic rings. The summed E-state index contributed by atoms with van der Waals surface area (Å²) >= 11 is 0. The molecule has 0 aromatic rings. The number of hydrogen-bond acceptors (Lipinski definition) is 3. The van der Waals surface area contributed by atoms with Crippen molar-refractivity contribution in [2.24, 2.45) is 5.73 Å². The second kappa shape index (κ2) is 4.96. The molecule has 0 unspecified atom stereocenters. The normalized spacial score (nSPS) is 10.6. The Morgan fingerprint density at radius 1 is 1.89 bits per heavy atom. The fourth-order valence-electron chi connectivity index (χ4n) is 0.353. The summed E-state index contributed by atoms with van der Waals surface area (Å²) in [5, 5.41) is 2.38. The maximum atomic E-state index is 9.68. The molecule has 0 saturated heterocycles. The van der Waals surface area contributed by atoms with Gasteiger partial charge in [0, 0.05) is 0 Å². The second-order valence-electron chi connectivity index (χ2n) is 1.43. The number of amides is 1. The number of nitrogens with two attached hydrogens (primary N) is 1. The standard InChI is InChI=1S/C5H10N2O2/c1-9-3-5(6)2-7-4-8/h3-4H,2,6H2,1H3,(H,7,8). The third kappa shape index (κ3) is 4.67. The highest BCUT2D eigenvalue weighted by Gasteiger charge is 1.84. The van der Waals surface area contributed by atoms with Crippen LogP contribution < -0.4 is 11.1 Å². The topological polar surface area (TPSA) is 64.3 Å². The van der Waals surface area contributed by atoms with E-state index in [9.17, 15) is 4.79 Å². The van der Waals surface area contributed by atoms with Gasteiger partial charge >= 0.3 is 0 Å². The zero-order chi connectivity index (χ0) is 7.11. The van der Waals surface area contributed by atoms with Gasteiger partial charge < -0.3 is 15.8 Å². The molecular weight excluding hydrogens is 120 g/mol. The van der Waals surface area contributed by atoms with Crippen LogP contribution in [-0.2, 0) is 9.53 Å². The summed E-state index contributed by atoms with van der Waals surface area (Å²) in [6.45, 7) is 0.331. The van der Waals surface area contributed by atoms with Crippen LogP contribution in [0.3, 0.4) is 0 Å². The van der Waals surface area contributed by atoms with Gasteiger partial charge in [-0.3, -0.25) is 4.79 Å². The van der Waals surface area contributed by atoms with Crippen molar-refractivity contribution in [1.82, 2.24) is 5.32 Å². The SMILES string of the molecule is COC=C(N)CNC=O. The summed E-state index contributed by atoms with van der Waals surface area (Å²) in [7, 11) is 1.49. The molecule has 3 N–H and O–H groups in total. The predicted octanol–water partition coefficient (Wildman–Crippen LogP) is -0.821. The molecule has 0 aromatic carbocycles. The van der Waals surface area contributed by atoms with E-state index in [0.29, 0.717) is 18.7 Å². The van der Waals surface area contributed by atoms with E-state index < -0.39 is 0 Å². The largest absolute Gasteiger partial charge is 0.503 e. The summed E-state index contributed by atoms with van der Waals surface area (Å²) in [6, 6.07) is 0. The van der Waals surface area contributed by atoms with Crippen molar-refractivity contribution < 1.29 is 9.53 Å². The third-order valence-electron chi connectivity index (χ3n) is 0.659. The Morgan fingerprint density at radius 2 is 2.56 bits per heavy atom. The van der Waals surface area contributed by atoms with Crippen LogP contribution in [0.2, 0.25) is 0 Å². The monoisotopic (exact) mass is 130 g/mol. The minimum absolute atomic E-state index is 0.331. The van der Waals surface area contributed by atoms with Crippen LogP contribution in [0.15, 0.2) is 12.0 Å². The molecule has 0 bridgehead atoms. The maximum Gasteiger partial charge on any atom is 0.207 e. The molecule has 1 amide bonds. The first-order valence-corrected chi connectivity index (χ1v) is 2.45. The average molecular weight is 130 g/mol. The molecule has 0 rings (SSSR count). The number of methoxy groups -OCH3 is 1. The lowest BCUT2D eigenvalue weighted by Gasteiger charge is -1.96. The first kappa shape index (κ1) is 7.81. The summed E-state index contributed by atoms with van der Waals surface area (Å²) in [6.07, 6.45) is 1.95. The van der Waals surface area contributed by atoms with Crippen LogP contribution in [-0.4, -0.2) is 20.1 Å². The number of carbonyl (C=O) groups excluding carboxylic acids is 1. The zero-order valence-electron chi connectivity index (χ0n) is 5.26. The fourth-order valence-corrected chi connectivity index (χ4v) is 0.353. The van der Waals surface area contributed by atoms with Gasteiger partial charge in [-0.05, 0) is 0 Å². The van der Waals surface area contributed by atoms with Crippen molar-refractivity contribution in [2.45, 2.75) is 0 Å². The summed E-state index contributed by atoms with van der Waals surface area (Å²) in [5.74, 6) is 0. The molecule has 4 heteroatoms. The summed E-state index contributed by atoms with van der Waals surface area (Å²) < 4.78 is 4.56. The lowest BCUT2D eigenvalue weighted by Crippen LogP contribution is -2.18. The highest BCUT2D eigenvalue weighted by Crippen LogP contribution is 1.78. The Hall–Kier alpha value is -1.19. The van der Waals surface area contributed by atoms with Gasteiger partial charge in [0.05, 0.1) is 19.4 Å². The maximum absolute atomic E-state index is 9.68. The van der Waals surface area contributed by atoms with Crippen molar-refractivity contribution in [2.75, 3.05) is 13.7 Å². The van der Waals surface area contributed by atoms with Gasteiger partial charge in [0.25, 0.3) is 0 Å². The van der Waals surface area contributed by atoms with E-state index in [0.717, 1.165) is 0 Å². The van der Waals surface area contributed by atoms with Gasteiger partial charge in [-0.1, -0.05) is 0 Å². The Morgan fingerprint density at radius 3 is 3.00 bits per heavy atom. The highest BCUT2D eigenvalue weighted by molar-refractivity contribution is 5.46. The molecule has 0 atom stereocenters. The smallest absolute Gasteiger partial charge is 0.207 e. The van der Waals surface area contributed by atoms with Crippen molar-refractivity contribution in [3.63, 3.8) is 0 Å². The molecule has 52 valence electrons. The molecule has 0 spiro atoms. The van der Waals surface area contributed by atoms with E-state index in [4.69, 9.17) is 5.73 Å². The molecule has 0 radical (unpaired) electrons. The van der Waals surface area contributed by atoms with Gasteiger partial charge in [-0.15, -0.1) is 0 Å². The van der Waals surface area contributed by atoms with E-state index in [1.54, 1.807) is 0 Å². The Kier molecular flexibility index (Phi) is 4.30. The van der Waals surface area contributed by atoms with Crippen LogP contribution in [0.1, 0.15) is 0 Å². The molecule has 0 saturated carbocycles. The van der Waals surface area contributed by atoms with Crippen LogP contribution in [0.5, 0.6) is 0 Å². The van der Waals surface area contributed by atoms with Crippen molar-refractivity contribution in [3.8, 4) is 0 Å². The van der Waals surface area contributed by atoms with E-state index >= 15 is 0 Å². The fraction of sp³-hybridized carbons (Fsp3) is 0.400. The number of nitrogens with one attached hydrogen (secondary N) is 1. The Balaban J connectivity index is 3.36. The molecule has 0 aliphatic heterocycles. The molecule has 0 fully saturated rings. The first-order valence-electron chi connectivity index (χ1n) is 2.45. The van der Waals surface area contributed by atoms with Crippen LogP contribution in [0.4, 0.5) is 0 Å². The van der Waals surface area contributed by atoms with Crippen molar-refractivity contribution in [3.05, 3.63) is 12.0 Å². The summed E-state index contributed by atoms with van der Waals surface area (Å²) in [5.41, 5.74) is 5.78. The van der Waals surface area contributed by atoms with E-state index in [-0.39, 0.29) is 0 Å². The van der Waals surface area contributed by atoms with Crippen LogP contribution >= 0.6 is 0 Å². The predicted molar refractivity (Wildman–Crippen MR) is 33.3 cm³/mol. The molecular formula is C5H10N2O2. The highest BCUT2D eigenvalue weighted by atomic mass is 16.5. The minimum atomic E-state index is 0.331.